The maximum Gasteiger partial charge on any atom is 0.316 e. The van der Waals surface area contributed by atoms with Gasteiger partial charge in [0.2, 0.25) is 0 Å². The molecule has 5 aliphatic rings. The number of Topliss-reactive ketones (excluding diaryl/α,β-unsaturated/α-hetero) is 1. The molecule has 1 aromatic heterocycles. The monoisotopic (exact) mass is 753 g/mol. The molecule has 0 aromatic carbocycles. The van der Waals surface area contributed by atoms with E-state index in [1.54, 1.807) is 20.0 Å². The van der Waals surface area contributed by atoms with E-state index in [2.05, 4.69) is 64.1 Å². The zero-order valence-electron chi connectivity index (χ0n) is 33.7. The Bertz CT molecular complexity index is 1660. The lowest BCUT2D eigenvalue weighted by molar-refractivity contribution is -0.232. The lowest BCUT2D eigenvalue weighted by Crippen LogP contribution is -2.67. The minimum Gasteiger partial charge on any atom is -0.481 e. The smallest absolute Gasteiger partial charge is 0.316 e. The molecule has 9 nitrogen and oxygen atoms in total. The number of amides is 2. The van der Waals surface area contributed by atoms with Crippen molar-refractivity contribution in [3.05, 3.63) is 41.2 Å². The molecule has 4 fully saturated rings. The van der Waals surface area contributed by atoms with Crippen LogP contribution in [0.15, 0.2) is 35.5 Å². The Morgan fingerprint density at radius 1 is 0.943 bits per heavy atom. The Morgan fingerprint density at radius 3 is 2.26 bits per heavy atom. The van der Waals surface area contributed by atoms with Crippen molar-refractivity contribution in [1.82, 2.24) is 15.6 Å². The molecule has 53 heavy (non-hydrogen) atoms. The zero-order chi connectivity index (χ0) is 38.2. The Morgan fingerprint density at radius 2 is 1.64 bits per heavy atom. The summed E-state index contributed by atoms with van der Waals surface area (Å²) >= 11 is 0. The number of allylic oxidation sites excluding steroid dienone is 1. The Balaban J connectivity index is 0.00000541. The fourth-order valence-electron chi connectivity index (χ4n) is 12.7. The van der Waals surface area contributed by atoms with Gasteiger partial charge in [0.25, 0.3) is 0 Å². The molecule has 0 radical (unpaired) electrons. The average molecular weight is 754 g/mol. The number of esters is 1. The minimum absolute atomic E-state index is 0. The van der Waals surface area contributed by atoms with Crippen LogP contribution in [0.1, 0.15) is 145 Å². The van der Waals surface area contributed by atoms with Crippen molar-refractivity contribution in [3.8, 4) is 0 Å². The van der Waals surface area contributed by atoms with Gasteiger partial charge in [-0.3, -0.25) is 19.4 Å². The van der Waals surface area contributed by atoms with E-state index < -0.39 is 22.9 Å². The van der Waals surface area contributed by atoms with E-state index in [9.17, 15) is 24.3 Å². The maximum atomic E-state index is 14.0. The van der Waals surface area contributed by atoms with Crippen LogP contribution >= 0.6 is 12.4 Å². The number of ketones is 1. The number of hydrogen-bond donors (Lipinski definition) is 3. The second-order valence-electron chi connectivity index (χ2n) is 19.6. The van der Waals surface area contributed by atoms with E-state index in [0.717, 1.165) is 62.6 Å². The topological polar surface area (TPSA) is 135 Å². The van der Waals surface area contributed by atoms with Gasteiger partial charge in [0.15, 0.2) is 5.78 Å². The molecular weight excluding hydrogens is 690 g/mol. The van der Waals surface area contributed by atoms with Crippen molar-refractivity contribution < 1.29 is 29.0 Å². The van der Waals surface area contributed by atoms with Gasteiger partial charge in [-0.05, 0) is 135 Å². The van der Waals surface area contributed by atoms with Crippen LogP contribution in [0.25, 0.3) is 0 Å². The van der Waals surface area contributed by atoms with Gasteiger partial charge in [-0.1, -0.05) is 54.5 Å². The molecule has 0 spiro atoms. The van der Waals surface area contributed by atoms with Crippen molar-refractivity contribution in [2.24, 2.45) is 50.7 Å². The highest BCUT2D eigenvalue weighted by atomic mass is 35.5. The number of aromatic nitrogens is 1. The third kappa shape index (κ3) is 6.52. The number of ether oxygens (including phenoxy) is 1. The van der Waals surface area contributed by atoms with Crippen LogP contribution in [0, 0.1) is 50.7 Å². The van der Waals surface area contributed by atoms with E-state index in [0.29, 0.717) is 18.3 Å². The number of carboxylic acids is 1. The number of carbonyl (C=O) groups is 4. The number of nitrogens with zero attached hydrogens (tertiary/aromatic N) is 1. The molecule has 0 bridgehead atoms. The Kier molecular flexibility index (Phi) is 10.9. The standard InChI is InChI=1S/C43H63N3O6.ClH/c1-25(2)34-29(47)23-43(46-37(51)45-26(3)28-13-11-12-22-44-28)21-20-41(9)27(35(34)43)14-15-31-40(8)18-17-32(52-33(48)24-38(4,5)36(49)50)39(6,7)30(40)16-19-42(31,41)10;/h11-13,22,25-27,30-32H,14-21,23-24H2,1-10H3,(H,49,50)(H2,45,46,51);1H/t26?,27?,30?,31?,32-,40-,41+,42+,43+;/m0./s1. The predicted molar refractivity (Wildman–Crippen MR) is 207 cm³/mol. The van der Waals surface area contributed by atoms with E-state index in [1.165, 1.54) is 5.57 Å². The number of carbonyl (C=O) groups excluding carboxylic acids is 3. The van der Waals surface area contributed by atoms with Crippen LogP contribution in [-0.4, -0.2) is 45.5 Å². The number of carboxylic acid groups (broad SMARTS) is 1. The van der Waals surface area contributed by atoms with Crippen molar-refractivity contribution in [3.63, 3.8) is 0 Å². The highest BCUT2D eigenvalue weighted by Gasteiger charge is 2.70. The van der Waals surface area contributed by atoms with Gasteiger partial charge in [-0.25, -0.2) is 4.79 Å². The fraction of sp³-hybridized carbons (Fsp3) is 0.744. The quantitative estimate of drug-likeness (QED) is 0.226. The predicted octanol–water partition coefficient (Wildman–Crippen LogP) is 9.01. The molecule has 1 heterocycles. The first kappa shape index (κ1) is 41.2. The molecule has 6 rings (SSSR count). The van der Waals surface area contributed by atoms with E-state index in [4.69, 9.17) is 4.74 Å². The SMILES string of the molecule is CC(C)C1=C2C3CCC4[C@@]5(C)CC[C@H](OC(=O)CC(C)(C)C(=O)O)C(C)(C)C5CC[C@@]4(C)[C@]3(C)CC[C@@]2(NC(=O)NC(C)c2ccccn2)CC1=O.Cl. The molecule has 10 heteroatoms. The second kappa shape index (κ2) is 14.0. The highest BCUT2D eigenvalue weighted by Crippen LogP contribution is 2.76. The van der Waals surface area contributed by atoms with Crippen molar-refractivity contribution in [2.75, 3.05) is 0 Å². The number of aliphatic carboxylic acids is 1. The number of halogens is 1. The summed E-state index contributed by atoms with van der Waals surface area (Å²) in [5, 5.41) is 16.1. The fourth-order valence-corrected chi connectivity index (χ4v) is 12.7. The summed E-state index contributed by atoms with van der Waals surface area (Å²) in [4.78, 5) is 57.0. The van der Waals surface area contributed by atoms with Crippen LogP contribution in [0.2, 0.25) is 0 Å². The van der Waals surface area contributed by atoms with E-state index in [-0.39, 0.29) is 76.3 Å². The van der Waals surface area contributed by atoms with Gasteiger partial charge in [0.1, 0.15) is 6.10 Å². The van der Waals surface area contributed by atoms with Crippen LogP contribution in [-0.2, 0) is 19.1 Å². The van der Waals surface area contributed by atoms with Crippen LogP contribution in [0.3, 0.4) is 0 Å². The summed E-state index contributed by atoms with van der Waals surface area (Å²) < 4.78 is 6.15. The summed E-state index contributed by atoms with van der Waals surface area (Å²) in [6.45, 7) is 21.4. The molecule has 4 unspecified atom stereocenters. The molecule has 1 aromatic rings. The van der Waals surface area contributed by atoms with E-state index in [1.807, 2.05) is 25.1 Å². The molecule has 2 amide bonds. The minimum atomic E-state index is -1.17. The van der Waals surface area contributed by atoms with E-state index >= 15 is 0 Å². The van der Waals surface area contributed by atoms with Crippen LogP contribution in [0.4, 0.5) is 4.79 Å². The van der Waals surface area contributed by atoms with Gasteiger partial charge in [0.05, 0.1) is 29.1 Å². The average Bonchev–Trinajstić information content (AvgIpc) is 3.34. The van der Waals surface area contributed by atoms with Gasteiger partial charge in [-0.2, -0.15) is 0 Å². The summed E-state index contributed by atoms with van der Waals surface area (Å²) in [7, 11) is 0. The number of rotatable bonds is 8. The molecule has 0 saturated heterocycles. The third-order valence-electron chi connectivity index (χ3n) is 15.6. The normalized spacial score (nSPS) is 36.5. The molecular formula is C43H64ClN3O6. The van der Waals surface area contributed by atoms with Gasteiger partial charge < -0.3 is 20.5 Å². The number of fused-ring (bicyclic) bond motifs is 7. The first-order valence-corrected chi connectivity index (χ1v) is 19.8. The number of hydrogen-bond acceptors (Lipinski definition) is 6. The summed E-state index contributed by atoms with van der Waals surface area (Å²) in [6.07, 6.45) is 9.18. The van der Waals surface area contributed by atoms with Gasteiger partial charge >= 0.3 is 18.0 Å². The molecule has 294 valence electrons. The number of nitrogens with one attached hydrogen (secondary N) is 2. The molecule has 9 atom stereocenters. The summed E-state index contributed by atoms with van der Waals surface area (Å²) in [6, 6.07) is 5.17. The maximum absolute atomic E-state index is 14.0. The second-order valence-corrected chi connectivity index (χ2v) is 19.6. The third-order valence-corrected chi connectivity index (χ3v) is 15.6. The van der Waals surface area contributed by atoms with Gasteiger partial charge in [-0.15, -0.1) is 12.4 Å². The highest BCUT2D eigenvalue weighted by molar-refractivity contribution is 6.02. The first-order valence-electron chi connectivity index (χ1n) is 19.8. The Labute approximate surface area is 323 Å². The lowest BCUT2D eigenvalue weighted by Gasteiger charge is -2.72. The van der Waals surface area contributed by atoms with Crippen LogP contribution in [0.5, 0.6) is 0 Å². The van der Waals surface area contributed by atoms with Crippen molar-refractivity contribution >= 4 is 36.2 Å². The zero-order valence-corrected chi connectivity index (χ0v) is 34.5. The van der Waals surface area contributed by atoms with Gasteiger partial charge in [0, 0.05) is 18.0 Å². The molecule has 4 saturated carbocycles. The molecule has 0 aliphatic heterocycles. The van der Waals surface area contributed by atoms with Crippen molar-refractivity contribution in [2.45, 2.75) is 151 Å². The lowest BCUT2D eigenvalue weighted by atomic mass is 9.33. The number of urea groups is 1. The molecule has 5 aliphatic carbocycles. The summed E-state index contributed by atoms with van der Waals surface area (Å²) in [5.41, 5.74) is 0.833. The number of pyridine rings is 1. The molecule has 3 N–H and O–H groups in total. The summed E-state index contributed by atoms with van der Waals surface area (Å²) in [5.74, 6) is -0.164. The largest absolute Gasteiger partial charge is 0.481 e. The van der Waals surface area contributed by atoms with Crippen LogP contribution < -0.4 is 10.6 Å². The van der Waals surface area contributed by atoms with Crippen molar-refractivity contribution in [1.29, 1.82) is 0 Å². The first-order chi connectivity index (χ1) is 24.1. The Hall–Kier alpha value is -2.94.